The van der Waals surface area contributed by atoms with Crippen molar-refractivity contribution < 1.29 is 14.7 Å². The molecule has 0 aliphatic rings. The van der Waals surface area contributed by atoms with Gasteiger partial charge in [0.25, 0.3) is 0 Å². The van der Waals surface area contributed by atoms with Gasteiger partial charge in [0, 0.05) is 5.56 Å². The van der Waals surface area contributed by atoms with Crippen LogP contribution in [0.4, 0.5) is 0 Å². The van der Waals surface area contributed by atoms with E-state index < -0.39 is 13.6 Å². The van der Waals surface area contributed by atoms with Crippen LogP contribution in [-0.4, -0.2) is 14.7 Å². The van der Waals surface area contributed by atoms with E-state index >= 15 is 0 Å². The number of rotatable bonds is 18. The van der Waals surface area contributed by atoms with Gasteiger partial charge >= 0.3 is 7.94 Å². The lowest BCUT2D eigenvalue weighted by Gasteiger charge is -2.30. The van der Waals surface area contributed by atoms with Gasteiger partial charge in [0.1, 0.15) is 0 Å². The van der Waals surface area contributed by atoms with Gasteiger partial charge in [-0.15, -0.1) is 0 Å². The third-order valence-corrected chi connectivity index (χ3v) is 8.96. The summed E-state index contributed by atoms with van der Waals surface area (Å²) in [6, 6.07) is 6.35. The van der Waals surface area contributed by atoms with Crippen LogP contribution in [0.1, 0.15) is 174 Å². The first-order valence-electron chi connectivity index (χ1n) is 15.0. The standard InChI is InChI=1S/C32H60O3P/c1-8-9-10-11-12-13-14-15-16-17-18-19-20-21-22-23-30(36(33,34)35)28-25-24-27(31(2,3)4)26-29(28)32(5,6)7/h24-26,30,33-35H,8-23H2,1-7H3/q+1. The lowest BCUT2D eigenvalue weighted by molar-refractivity contribution is 0.310. The van der Waals surface area contributed by atoms with Gasteiger partial charge in [0.05, 0.1) is 0 Å². The fraction of sp³-hybridized carbons (Fsp3) is 0.812. The van der Waals surface area contributed by atoms with Gasteiger partial charge in [-0.1, -0.05) is 157 Å². The molecule has 0 radical (unpaired) electrons. The van der Waals surface area contributed by atoms with Crippen molar-refractivity contribution in [1.82, 2.24) is 0 Å². The van der Waals surface area contributed by atoms with Crippen LogP contribution in [0.2, 0.25) is 0 Å². The molecule has 0 amide bonds. The summed E-state index contributed by atoms with van der Waals surface area (Å²) in [5, 5.41) is 0. The van der Waals surface area contributed by atoms with Crippen LogP contribution in [0.3, 0.4) is 0 Å². The van der Waals surface area contributed by atoms with Gasteiger partial charge in [-0.3, -0.25) is 0 Å². The summed E-state index contributed by atoms with van der Waals surface area (Å²) < 4.78 is 0. The van der Waals surface area contributed by atoms with E-state index in [0.717, 1.165) is 24.0 Å². The van der Waals surface area contributed by atoms with E-state index in [1.165, 1.54) is 89.0 Å². The van der Waals surface area contributed by atoms with E-state index in [1.807, 2.05) is 6.07 Å². The molecule has 0 saturated heterocycles. The minimum atomic E-state index is -3.99. The molecular weight excluding hydrogens is 463 g/mol. The van der Waals surface area contributed by atoms with Crippen LogP contribution < -0.4 is 0 Å². The second-order valence-corrected chi connectivity index (χ2v) is 15.0. The number of benzene rings is 1. The van der Waals surface area contributed by atoms with E-state index in [1.54, 1.807) is 0 Å². The van der Waals surface area contributed by atoms with Crippen LogP contribution in [0.25, 0.3) is 0 Å². The first kappa shape index (κ1) is 33.6. The van der Waals surface area contributed by atoms with Gasteiger partial charge < -0.3 is 0 Å². The minimum Gasteiger partial charge on any atom is -0.192 e. The Morgan fingerprint density at radius 3 is 1.39 bits per heavy atom. The Morgan fingerprint density at radius 2 is 1.03 bits per heavy atom. The van der Waals surface area contributed by atoms with Gasteiger partial charge in [0.2, 0.25) is 0 Å². The molecule has 36 heavy (non-hydrogen) atoms. The summed E-state index contributed by atoms with van der Waals surface area (Å²) in [6.45, 7) is 15.4. The topological polar surface area (TPSA) is 60.7 Å². The molecule has 1 aromatic carbocycles. The van der Waals surface area contributed by atoms with Crippen molar-refractivity contribution in [3.63, 3.8) is 0 Å². The van der Waals surface area contributed by atoms with Crippen LogP contribution in [0.5, 0.6) is 0 Å². The molecule has 0 aliphatic heterocycles. The summed E-state index contributed by atoms with van der Waals surface area (Å²) in [7, 11) is -3.99. The summed E-state index contributed by atoms with van der Waals surface area (Å²) >= 11 is 0. The lowest BCUT2D eigenvalue weighted by atomic mass is 9.77. The lowest BCUT2D eigenvalue weighted by Crippen LogP contribution is -2.20. The van der Waals surface area contributed by atoms with E-state index in [0.29, 0.717) is 6.42 Å². The normalized spacial score (nSPS) is 13.8. The van der Waals surface area contributed by atoms with E-state index in [4.69, 9.17) is 0 Å². The largest absolute Gasteiger partial charge is 0.411 e. The molecule has 4 heteroatoms. The highest BCUT2D eigenvalue weighted by Gasteiger charge is 2.45. The third-order valence-electron chi connectivity index (χ3n) is 7.59. The van der Waals surface area contributed by atoms with Crippen LogP contribution in [-0.2, 0) is 10.8 Å². The zero-order chi connectivity index (χ0) is 27.2. The fourth-order valence-electron chi connectivity index (χ4n) is 5.19. The maximum absolute atomic E-state index is 10.4. The molecule has 0 aliphatic carbocycles. The average molecular weight is 524 g/mol. The minimum absolute atomic E-state index is 0.0200. The molecule has 1 atom stereocenters. The second-order valence-electron chi connectivity index (χ2n) is 13.2. The highest BCUT2D eigenvalue weighted by molar-refractivity contribution is 7.59. The van der Waals surface area contributed by atoms with Gasteiger partial charge in [-0.05, 0) is 34.8 Å². The van der Waals surface area contributed by atoms with Crippen LogP contribution in [0, 0.1) is 0 Å². The first-order valence-corrected chi connectivity index (χ1v) is 16.7. The summed E-state index contributed by atoms with van der Waals surface area (Å²) in [6.07, 6.45) is 20.2. The molecular formula is C32H60O3P+. The summed E-state index contributed by atoms with van der Waals surface area (Å²) in [5.41, 5.74) is 2.54. The Kier molecular flexibility index (Phi) is 15.4. The second kappa shape index (κ2) is 16.5. The Bertz CT molecular complexity index is 710. The monoisotopic (exact) mass is 523 g/mol. The van der Waals surface area contributed by atoms with Crippen LogP contribution >= 0.6 is 7.94 Å². The van der Waals surface area contributed by atoms with Crippen molar-refractivity contribution in [2.45, 2.75) is 168 Å². The van der Waals surface area contributed by atoms with Crippen LogP contribution in [0.15, 0.2) is 18.2 Å². The van der Waals surface area contributed by atoms with Crippen molar-refractivity contribution in [3.05, 3.63) is 34.9 Å². The van der Waals surface area contributed by atoms with Crippen molar-refractivity contribution >= 4 is 7.94 Å². The highest BCUT2D eigenvalue weighted by Crippen LogP contribution is 2.62. The Balaban J connectivity index is 2.45. The predicted molar refractivity (Wildman–Crippen MR) is 160 cm³/mol. The Labute approximate surface area is 225 Å². The summed E-state index contributed by atoms with van der Waals surface area (Å²) in [5.74, 6) is 0. The number of hydrogen-bond donors (Lipinski definition) is 3. The van der Waals surface area contributed by atoms with Crippen molar-refractivity contribution in [3.8, 4) is 0 Å². The molecule has 0 heterocycles. The fourth-order valence-corrected chi connectivity index (χ4v) is 6.31. The van der Waals surface area contributed by atoms with E-state index in [9.17, 15) is 14.7 Å². The summed E-state index contributed by atoms with van der Waals surface area (Å²) in [4.78, 5) is 31.2. The molecule has 3 N–H and O–H groups in total. The zero-order valence-electron chi connectivity index (χ0n) is 24.9. The first-order chi connectivity index (χ1) is 16.8. The van der Waals surface area contributed by atoms with Gasteiger partial charge in [-0.25, -0.2) is 0 Å². The molecule has 0 fully saturated rings. The third kappa shape index (κ3) is 13.4. The Morgan fingerprint density at radius 1 is 0.611 bits per heavy atom. The van der Waals surface area contributed by atoms with Crippen molar-refractivity contribution in [2.75, 3.05) is 0 Å². The maximum atomic E-state index is 10.4. The van der Waals surface area contributed by atoms with Gasteiger partial charge in [-0.2, -0.15) is 14.7 Å². The highest BCUT2D eigenvalue weighted by atomic mass is 31.2. The predicted octanol–water partition coefficient (Wildman–Crippen LogP) is 10.3. The van der Waals surface area contributed by atoms with E-state index in [2.05, 4.69) is 60.6 Å². The average Bonchev–Trinajstić information content (AvgIpc) is 2.76. The molecule has 0 bridgehead atoms. The smallest absolute Gasteiger partial charge is 0.192 e. The SMILES string of the molecule is CCCCCCCCCCCCCCCCCC(c1ccc(C(C)(C)C)cc1C(C)(C)C)[P+](O)(O)O. The molecule has 1 aromatic rings. The molecule has 0 saturated carbocycles. The number of hydrogen-bond acceptors (Lipinski definition) is 3. The molecule has 3 nitrogen and oxygen atoms in total. The molecule has 210 valence electrons. The number of unbranched alkanes of at least 4 members (excludes halogenated alkanes) is 14. The van der Waals surface area contributed by atoms with Gasteiger partial charge in [0.15, 0.2) is 5.66 Å². The molecule has 1 unspecified atom stereocenters. The maximum Gasteiger partial charge on any atom is 0.411 e. The molecule has 0 spiro atoms. The van der Waals surface area contributed by atoms with Crippen molar-refractivity contribution in [2.24, 2.45) is 0 Å². The van der Waals surface area contributed by atoms with E-state index in [-0.39, 0.29) is 10.8 Å². The molecule has 1 rings (SSSR count). The zero-order valence-corrected chi connectivity index (χ0v) is 25.8. The molecule has 0 aromatic heterocycles. The Hall–Kier alpha value is -0.470. The quantitative estimate of drug-likeness (QED) is 0.132. The van der Waals surface area contributed by atoms with Crippen molar-refractivity contribution in [1.29, 1.82) is 0 Å².